The Morgan fingerprint density at radius 3 is 2.19 bits per heavy atom. The minimum absolute atomic E-state index is 0.0479. The molecule has 104 valence electrons. The highest BCUT2D eigenvalue weighted by molar-refractivity contribution is 6.30. The molecule has 0 atom stereocenters. The minimum Gasteiger partial charge on any atom is -0.457 e. The van der Waals surface area contributed by atoms with Gasteiger partial charge < -0.3 is 4.74 Å². The van der Waals surface area contributed by atoms with Crippen LogP contribution in [0.5, 0.6) is 11.5 Å². The van der Waals surface area contributed by atoms with Gasteiger partial charge in [0.1, 0.15) is 17.3 Å². The van der Waals surface area contributed by atoms with Gasteiger partial charge in [-0.2, -0.15) is 0 Å². The Labute approximate surface area is 127 Å². The van der Waals surface area contributed by atoms with Crippen LogP contribution in [0.15, 0.2) is 72.8 Å². The average molecular weight is 299 g/mol. The highest BCUT2D eigenvalue weighted by Crippen LogP contribution is 2.29. The van der Waals surface area contributed by atoms with Gasteiger partial charge in [-0.25, -0.2) is 4.39 Å². The van der Waals surface area contributed by atoms with E-state index in [-0.39, 0.29) is 5.02 Å². The first-order valence-corrected chi connectivity index (χ1v) is 6.88. The van der Waals surface area contributed by atoms with Crippen molar-refractivity contribution in [1.29, 1.82) is 0 Å². The number of halogens is 2. The molecule has 0 aliphatic rings. The maximum atomic E-state index is 13.1. The second-order valence-corrected chi connectivity index (χ2v) is 4.98. The Morgan fingerprint density at radius 1 is 0.714 bits per heavy atom. The summed E-state index contributed by atoms with van der Waals surface area (Å²) in [6.07, 6.45) is 0. The van der Waals surface area contributed by atoms with Crippen LogP contribution in [-0.4, -0.2) is 0 Å². The van der Waals surface area contributed by atoms with Crippen molar-refractivity contribution in [2.45, 2.75) is 0 Å². The molecule has 0 fully saturated rings. The van der Waals surface area contributed by atoms with Crippen molar-refractivity contribution >= 4 is 11.6 Å². The molecule has 3 heteroatoms. The molecular formula is C18H12ClFO. The summed E-state index contributed by atoms with van der Waals surface area (Å²) in [6.45, 7) is 0. The second kappa shape index (κ2) is 5.98. The molecule has 0 radical (unpaired) electrons. The fraction of sp³-hybridized carbons (Fsp3) is 0. The van der Waals surface area contributed by atoms with Gasteiger partial charge in [0, 0.05) is 6.07 Å². The molecule has 0 saturated carbocycles. The summed E-state index contributed by atoms with van der Waals surface area (Å²) in [5.74, 6) is 0.729. The van der Waals surface area contributed by atoms with E-state index in [9.17, 15) is 4.39 Å². The van der Waals surface area contributed by atoms with Gasteiger partial charge in [-0.05, 0) is 35.4 Å². The lowest BCUT2D eigenvalue weighted by molar-refractivity contribution is 0.481. The molecule has 0 amide bonds. The van der Waals surface area contributed by atoms with E-state index >= 15 is 0 Å². The smallest absolute Gasteiger partial charge is 0.142 e. The number of hydrogen-bond acceptors (Lipinski definition) is 1. The molecule has 21 heavy (non-hydrogen) atoms. The molecule has 0 unspecified atom stereocenters. The molecule has 0 N–H and O–H groups in total. The second-order valence-electron chi connectivity index (χ2n) is 4.57. The molecule has 0 saturated heterocycles. The first kappa shape index (κ1) is 13.7. The average Bonchev–Trinajstić information content (AvgIpc) is 2.52. The third-order valence-electron chi connectivity index (χ3n) is 3.07. The first-order chi connectivity index (χ1) is 10.2. The summed E-state index contributed by atoms with van der Waals surface area (Å²) < 4.78 is 18.9. The fourth-order valence-electron chi connectivity index (χ4n) is 2.05. The quantitative estimate of drug-likeness (QED) is 0.581. The summed E-state index contributed by atoms with van der Waals surface area (Å²) in [5, 5.41) is 0.0479. The Bertz CT molecular complexity index is 756. The van der Waals surface area contributed by atoms with Crippen LogP contribution < -0.4 is 4.74 Å². The molecule has 0 aliphatic carbocycles. The SMILES string of the molecule is Fc1ccc(Oc2cccc(-c3ccccc3)c2)cc1Cl. The lowest BCUT2D eigenvalue weighted by atomic mass is 10.1. The molecular weight excluding hydrogens is 287 g/mol. The molecule has 0 bridgehead atoms. The Hall–Kier alpha value is -2.32. The minimum atomic E-state index is -0.456. The molecule has 0 aliphatic heterocycles. The van der Waals surface area contributed by atoms with Crippen LogP contribution in [0.2, 0.25) is 5.02 Å². The highest BCUT2D eigenvalue weighted by atomic mass is 35.5. The Kier molecular flexibility index (Phi) is 3.89. The molecule has 0 spiro atoms. The van der Waals surface area contributed by atoms with Gasteiger partial charge >= 0.3 is 0 Å². The van der Waals surface area contributed by atoms with Gasteiger partial charge in [0.15, 0.2) is 0 Å². The van der Waals surface area contributed by atoms with Crippen LogP contribution in [0.25, 0.3) is 11.1 Å². The molecule has 0 heterocycles. The van der Waals surface area contributed by atoms with Crippen LogP contribution in [-0.2, 0) is 0 Å². The van der Waals surface area contributed by atoms with E-state index < -0.39 is 5.82 Å². The number of rotatable bonds is 3. The van der Waals surface area contributed by atoms with Gasteiger partial charge in [0.05, 0.1) is 5.02 Å². The van der Waals surface area contributed by atoms with Crippen molar-refractivity contribution in [2.24, 2.45) is 0 Å². The lowest BCUT2D eigenvalue weighted by Crippen LogP contribution is -1.86. The maximum absolute atomic E-state index is 13.1. The summed E-state index contributed by atoms with van der Waals surface area (Å²) >= 11 is 5.75. The van der Waals surface area contributed by atoms with Crippen LogP contribution in [0.4, 0.5) is 4.39 Å². The summed E-state index contributed by atoms with van der Waals surface area (Å²) in [5.41, 5.74) is 2.17. The topological polar surface area (TPSA) is 9.23 Å². The van der Waals surface area contributed by atoms with Crippen molar-refractivity contribution in [3.63, 3.8) is 0 Å². The normalized spacial score (nSPS) is 10.4. The zero-order valence-corrected chi connectivity index (χ0v) is 11.8. The van der Waals surface area contributed by atoms with Crippen LogP contribution in [0, 0.1) is 5.82 Å². The largest absolute Gasteiger partial charge is 0.457 e. The van der Waals surface area contributed by atoms with Gasteiger partial charge in [-0.1, -0.05) is 54.1 Å². The van der Waals surface area contributed by atoms with E-state index in [1.54, 1.807) is 6.07 Å². The van der Waals surface area contributed by atoms with Gasteiger partial charge in [-0.15, -0.1) is 0 Å². The lowest BCUT2D eigenvalue weighted by Gasteiger charge is -2.08. The van der Waals surface area contributed by atoms with Crippen molar-refractivity contribution in [2.75, 3.05) is 0 Å². The van der Waals surface area contributed by atoms with Gasteiger partial charge in [0.25, 0.3) is 0 Å². The predicted molar refractivity (Wildman–Crippen MR) is 83.4 cm³/mol. The van der Waals surface area contributed by atoms with Crippen molar-refractivity contribution in [3.8, 4) is 22.6 Å². The van der Waals surface area contributed by atoms with E-state index in [2.05, 4.69) is 0 Å². The van der Waals surface area contributed by atoms with E-state index in [1.165, 1.54) is 12.1 Å². The van der Waals surface area contributed by atoms with Crippen molar-refractivity contribution in [3.05, 3.63) is 83.6 Å². The standard InChI is InChI=1S/C18H12ClFO/c19-17-12-16(9-10-18(17)20)21-15-8-4-7-14(11-15)13-5-2-1-3-6-13/h1-12H. The maximum Gasteiger partial charge on any atom is 0.142 e. The molecule has 3 aromatic rings. The number of hydrogen-bond donors (Lipinski definition) is 0. The van der Waals surface area contributed by atoms with Crippen LogP contribution in [0.3, 0.4) is 0 Å². The zero-order valence-electron chi connectivity index (χ0n) is 11.1. The summed E-state index contributed by atoms with van der Waals surface area (Å²) in [4.78, 5) is 0. The zero-order chi connectivity index (χ0) is 14.7. The van der Waals surface area contributed by atoms with Gasteiger partial charge in [0.2, 0.25) is 0 Å². The summed E-state index contributed by atoms with van der Waals surface area (Å²) in [7, 11) is 0. The molecule has 1 nitrogen and oxygen atoms in total. The molecule has 0 aromatic heterocycles. The van der Waals surface area contributed by atoms with Gasteiger partial charge in [-0.3, -0.25) is 0 Å². The summed E-state index contributed by atoms with van der Waals surface area (Å²) in [6, 6.07) is 22.1. The molecule has 3 rings (SSSR count). The number of benzene rings is 3. The van der Waals surface area contributed by atoms with Crippen molar-refractivity contribution in [1.82, 2.24) is 0 Å². The fourth-order valence-corrected chi connectivity index (χ4v) is 2.22. The van der Waals surface area contributed by atoms with E-state index in [1.807, 2.05) is 54.6 Å². The Balaban J connectivity index is 1.88. The van der Waals surface area contributed by atoms with Crippen LogP contribution in [0.1, 0.15) is 0 Å². The van der Waals surface area contributed by atoms with E-state index in [4.69, 9.17) is 16.3 Å². The number of ether oxygens (including phenoxy) is 1. The highest BCUT2D eigenvalue weighted by Gasteiger charge is 2.04. The van der Waals surface area contributed by atoms with E-state index in [0.29, 0.717) is 11.5 Å². The predicted octanol–water partition coefficient (Wildman–Crippen LogP) is 5.94. The Morgan fingerprint density at radius 2 is 1.43 bits per heavy atom. The molecule has 3 aromatic carbocycles. The first-order valence-electron chi connectivity index (χ1n) is 6.51. The van der Waals surface area contributed by atoms with Crippen molar-refractivity contribution < 1.29 is 9.13 Å². The monoisotopic (exact) mass is 298 g/mol. The third-order valence-corrected chi connectivity index (χ3v) is 3.36. The van der Waals surface area contributed by atoms with E-state index in [0.717, 1.165) is 11.1 Å². The van der Waals surface area contributed by atoms with Crippen LogP contribution >= 0.6 is 11.6 Å². The third kappa shape index (κ3) is 3.23.